The Hall–Kier alpha value is -2.87. The highest BCUT2D eigenvalue weighted by Crippen LogP contribution is 2.27. The number of hydrogen-bond donors (Lipinski definition) is 3. The number of hydrogen-bond acceptors (Lipinski definition) is 5. The van der Waals surface area contributed by atoms with Crippen LogP contribution < -0.4 is 5.73 Å². The molecule has 0 unspecified atom stereocenters. The quantitative estimate of drug-likeness (QED) is 0.282. The lowest BCUT2D eigenvalue weighted by molar-refractivity contribution is -0.146. The first-order valence-corrected chi connectivity index (χ1v) is 12.6. The summed E-state index contributed by atoms with van der Waals surface area (Å²) in [6, 6.07) is 8.61. The van der Waals surface area contributed by atoms with E-state index in [0.717, 1.165) is 63.6 Å². The summed E-state index contributed by atoms with van der Waals surface area (Å²) in [6.07, 6.45) is 6.99. The highest BCUT2D eigenvalue weighted by atomic mass is 16.5. The Morgan fingerprint density at radius 1 is 1.18 bits per heavy atom. The first kappa shape index (κ1) is 24.3. The van der Waals surface area contributed by atoms with E-state index in [9.17, 15) is 9.59 Å². The number of likely N-dealkylation sites (tertiary alicyclic amines) is 2. The van der Waals surface area contributed by atoms with Gasteiger partial charge in [-0.1, -0.05) is 12.1 Å². The zero-order chi connectivity index (χ0) is 24.1. The van der Waals surface area contributed by atoms with Gasteiger partial charge in [0.15, 0.2) is 0 Å². The Bertz CT molecular complexity index is 1030. The fourth-order valence-electron chi connectivity index (χ4n) is 5.41. The molecule has 2 aromatic rings. The van der Waals surface area contributed by atoms with Crippen LogP contribution in [0.25, 0.3) is 10.9 Å². The third kappa shape index (κ3) is 5.78. The van der Waals surface area contributed by atoms with Gasteiger partial charge in [0.05, 0.1) is 25.0 Å². The van der Waals surface area contributed by atoms with Crippen molar-refractivity contribution in [2.75, 3.05) is 26.2 Å². The molecule has 0 bridgehead atoms. The number of amidine groups is 1. The Labute approximate surface area is 201 Å². The van der Waals surface area contributed by atoms with Crippen molar-refractivity contribution in [2.45, 2.75) is 70.4 Å². The number of nitrogens with one attached hydrogen (secondary N) is 2. The Morgan fingerprint density at radius 2 is 2.00 bits per heavy atom. The molecule has 2 aliphatic rings. The molecule has 1 aromatic heterocycles. The topological polar surface area (TPSA) is 116 Å². The molecule has 0 saturated carbocycles. The summed E-state index contributed by atoms with van der Waals surface area (Å²) in [5.41, 5.74) is 8.96. The van der Waals surface area contributed by atoms with E-state index in [2.05, 4.69) is 34.1 Å². The molecule has 2 fully saturated rings. The smallest absolute Gasteiger partial charge is 0.320 e. The summed E-state index contributed by atoms with van der Waals surface area (Å²) in [6.45, 7) is 3.95. The zero-order valence-electron chi connectivity index (χ0n) is 20.1. The Morgan fingerprint density at radius 3 is 2.79 bits per heavy atom. The first-order chi connectivity index (χ1) is 16.4. The molecule has 0 aliphatic carbocycles. The maximum atomic E-state index is 13.4. The van der Waals surface area contributed by atoms with Crippen LogP contribution in [-0.2, 0) is 27.2 Å². The number of ether oxygens (including phenoxy) is 1. The van der Waals surface area contributed by atoms with Gasteiger partial charge in [0, 0.05) is 30.2 Å². The van der Waals surface area contributed by atoms with Gasteiger partial charge >= 0.3 is 5.97 Å². The molecule has 8 nitrogen and oxygen atoms in total. The van der Waals surface area contributed by atoms with Crippen molar-refractivity contribution in [1.29, 1.82) is 5.41 Å². The van der Waals surface area contributed by atoms with Gasteiger partial charge in [0.25, 0.3) is 0 Å². The van der Waals surface area contributed by atoms with E-state index < -0.39 is 0 Å². The highest BCUT2D eigenvalue weighted by molar-refractivity contribution is 5.84. The number of fused-ring (bicyclic) bond motifs is 1. The van der Waals surface area contributed by atoms with Crippen molar-refractivity contribution >= 4 is 28.6 Å². The summed E-state index contributed by atoms with van der Waals surface area (Å²) in [7, 11) is 0. The van der Waals surface area contributed by atoms with Gasteiger partial charge in [-0.3, -0.25) is 19.9 Å². The predicted molar refractivity (Wildman–Crippen MR) is 133 cm³/mol. The molecule has 4 N–H and O–H groups in total. The third-order valence-corrected chi connectivity index (χ3v) is 7.12. The van der Waals surface area contributed by atoms with Crippen LogP contribution in [0.5, 0.6) is 0 Å². The second kappa shape index (κ2) is 11.0. The van der Waals surface area contributed by atoms with Crippen molar-refractivity contribution in [3.8, 4) is 0 Å². The van der Waals surface area contributed by atoms with Crippen LogP contribution in [0.2, 0.25) is 0 Å². The maximum Gasteiger partial charge on any atom is 0.320 e. The van der Waals surface area contributed by atoms with Crippen molar-refractivity contribution in [3.63, 3.8) is 0 Å². The zero-order valence-corrected chi connectivity index (χ0v) is 20.1. The molecule has 8 heteroatoms. The van der Waals surface area contributed by atoms with Crippen LogP contribution >= 0.6 is 0 Å². The van der Waals surface area contributed by atoms with Gasteiger partial charge in [-0.15, -0.1) is 0 Å². The number of nitrogens with two attached hydrogens (primary N) is 1. The van der Waals surface area contributed by atoms with Crippen molar-refractivity contribution in [1.82, 2.24) is 14.8 Å². The normalized spacial score (nSPS) is 20.8. The Kier molecular flexibility index (Phi) is 7.88. The lowest BCUT2D eigenvalue weighted by Crippen LogP contribution is -2.48. The number of aromatic nitrogens is 1. The van der Waals surface area contributed by atoms with Crippen molar-refractivity contribution in [2.24, 2.45) is 5.73 Å². The summed E-state index contributed by atoms with van der Waals surface area (Å²) < 4.78 is 5.10. The summed E-state index contributed by atoms with van der Waals surface area (Å²) >= 11 is 0. The molecular formula is C26H37N5O3. The standard InChI is InChI=1S/C26H37N5O3/c1-2-34-25(32)17-30-13-4-6-23(30)26(33)31-14-3-5-21(31)11-10-20-16-19-9-7-18(8-12-24(27)28)15-22(19)29-20/h7,9,15-16,21,23,29H,2-6,8,10-14,17H2,1H3,(H3,27,28)/t21-,23+/m0/s1. The molecule has 4 rings (SSSR count). The number of aryl methyl sites for hydroxylation is 2. The van der Waals surface area contributed by atoms with Crippen LogP contribution in [0.4, 0.5) is 0 Å². The van der Waals surface area contributed by atoms with E-state index in [0.29, 0.717) is 13.0 Å². The fraction of sp³-hybridized carbons (Fsp3) is 0.577. The minimum absolute atomic E-state index is 0.177. The van der Waals surface area contributed by atoms with Gasteiger partial charge < -0.3 is 20.4 Å². The van der Waals surface area contributed by atoms with Gasteiger partial charge in [-0.25, -0.2) is 0 Å². The molecule has 184 valence electrons. The van der Waals surface area contributed by atoms with Crippen LogP contribution in [0, 0.1) is 5.41 Å². The fourth-order valence-corrected chi connectivity index (χ4v) is 5.41. The lowest BCUT2D eigenvalue weighted by atomic mass is 10.1. The Balaban J connectivity index is 1.35. The molecular weight excluding hydrogens is 430 g/mol. The number of rotatable bonds is 10. The summed E-state index contributed by atoms with van der Waals surface area (Å²) in [5.74, 6) is 0.143. The molecule has 2 atom stereocenters. The molecule has 34 heavy (non-hydrogen) atoms. The number of carbonyl (C=O) groups is 2. The van der Waals surface area contributed by atoms with Gasteiger partial charge in [-0.05, 0) is 81.5 Å². The average molecular weight is 468 g/mol. The number of benzene rings is 1. The van der Waals surface area contributed by atoms with E-state index in [4.69, 9.17) is 15.9 Å². The van der Waals surface area contributed by atoms with E-state index in [1.54, 1.807) is 6.92 Å². The summed E-state index contributed by atoms with van der Waals surface area (Å²) in [4.78, 5) is 33.0. The molecule has 3 heterocycles. The number of carbonyl (C=O) groups excluding carboxylic acids is 2. The van der Waals surface area contributed by atoms with Gasteiger partial charge in [0.2, 0.25) is 5.91 Å². The van der Waals surface area contributed by atoms with Crippen LogP contribution in [0.1, 0.15) is 56.7 Å². The van der Waals surface area contributed by atoms with E-state index >= 15 is 0 Å². The number of aromatic amines is 1. The third-order valence-electron chi connectivity index (χ3n) is 7.12. The second-order valence-electron chi connectivity index (χ2n) is 9.54. The van der Waals surface area contributed by atoms with Crippen LogP contribution in [-0.4, -0.2) is 70.8 Å². The lowest BCUT2D eigenvalue weighted by Gasteiger charge is -2.31. The molecule has 2 aliphatic heterocycles. The monoisotopic (exact) mass is 467 g/mol. The average Bonchev–Trinajstić information content (AvgIpc) is 3.54. The molecule has 2 saturated heterocycles. The van der Waals surface area contributed by atoms with Crippen molar-refractivity contribution < 1.29 is 14.3 Å². The van der Waals surface area contributed by atoms with Crippen LogP contribution in [0.15, 0.2) is 24.3 Å². The minimum Gasteiger partial charge on any atom is -0.465 e. The number of amides is 1. The SMILES string of the molecule is CCOC(=O)CN1CCC[C@@H]1C(=O)N1CCC[C@H]1CCc1cc2ccc(CCC(=N)N)cc2[nH]1. The van der Waals surface area contributed by atoms with Crippen LogP contribution in [0.3, 0.4) is 0 Å². The number of H-pyrrole nitrogens is 1. The number of nitrogens with zero attached hydrogens (tertiary/aromatic N) is 2. The molecule has 1 amide bonds. The molecule has 1 aromatic carbocycles. The van der Waals surface area contributed by atoms with Gasteiger partial charge in [-0.2, -0.15) is 0 Å². The van der Waals surface area contributed by atoms with Crippen molar-refractivity contribution in [3.05, 3.63) is 35.5 Å². The van der Waals surface area contributed by atoms with E-state index in [1.807, 2.05) is 4.90 Å². The summed E-state index contributed by atoms with van der Waals surface area (Å²) in [5, 5.41) is 8.61. The van der Waals surface area contributed by atoms with E-state index in [-0.39, 0.29) is 36.3 Å². The molecule has 0 spiro atoms. The second-order valence-corrected chi connectivity index (χ2v) is 9.54. The maximum absolute atomic E-state index is 13.4. The first-order valence-electron chi connectivity index (χ1n) is 12.6. The number of esters is 1. The highest BCUT2D eigenvalue weighted by Gasteiger charge is 2.38. The minimum atomic E-state index is -0.247. The van der Waals surface area contributed by atoms with E-state index in [1.165, 1.54) is 16.6 Å². The largest absolute Gasteiger partial charge is 0.465 e. The predicted octanol–water partition coefficient (Wildman–Crippen LogP) is 2.99. The van der Waals surface area contributed by atoms with Gasteiger partial charge in [0.1, 0.15) is 0 Å². The molecule has 0 radical (unpaired) electrons.